The summed E-state index contributed by atoms with van der Waals surface area (Å²) in [6.07, 6.45) is 4.94. The van der Waals surface area contributed by atoms with E-state index in [0.29, 0.717) is 16.6 Å². The SMILES string of the molecule is CC1(C)CCC(NCCc2csc(N)n2)C1. The van der Waals surface area contributed by atoms with Gasteiger partial charge in [-0.05, 0) is 24.7 Å². The first-order valence-corrected chi connectivity index (χ1v) is 6.86. The number of nitrogens with zero attached hydrogens (tertiary/aromatic N) is 1. The minimum absolute atomic E-state index is 0.530. The number of hydrogen-bond acceptors (Lipinski definition) is 4. The van der Waals surface area contributed by atoms with Crippen LogP contribution in [0.15, 0.2) is 5.38 Å². The number of aromatic nitrogens is 1. The molecule has 0 amide bonds. The molecule has 0 aliphatic heterocycles. The van der Waals surface area contributed by atoms with Crippen molar-refractivity contribution in [1.29, 1.82) is 0 Å². The van der Waals surface area contributed by atoms with Gasteiger partial charge in [0.1, 0.15) is 0 Å². The monoisotopic (exact) mass is 239 g/mol. The minimum atomic E-state index is 0.530. The van der Waals surface area contributed by atoms with Crippen LogP contribution < -0.4 is 11.1 Å². The van der Waals surface area contributed by atoms with E-state index in [2.05, 4.69) is 29.5 Å². The first kappa shape index (κ1) is 11.9. The van der Waals surface area contributed by atoms with Gasteiger partial charge in [0.05, 0.1) is 5.69 Å². The van der Waals surface area contributed by atoms with Crippen molar-refractivity contribution < 1.29 is 0 Å². The Hall–Kier alpha value is -0.610. The van der Waals surface area contributed by atoms with Crippen LogP contribution in [-0.2, 0) is 6.42 Å². The maximum absolute atomic E-state index is 5.60. The molecule has 3 nitrogen and oxygen atoms in total. The van der Waals surface area contributed by atoms with Crippen LogP contribution in [0.1, 0.15) is 38.8 Å². The minimum Gasteiger partial charge on any atom is -0.375 e. The summed E-state index contributed by atoms with van der Waals surface area (Å²) in [5, 5.41) is 6.35. The van der Waals surface area contributed by atoms with Gasteiger partial charge in [-0.15, -0.1) is 11.3 Å². The van der Waals surface area contributed by atoms with Gasteiger partial charge in [0.2, 0.25) is 0 Å². The van der Waals surface area contributed by atoms with Gasteiger partial charge in [0.25, 0.3) is 0 Å². The molecule has 1 aromatic heterocycles. The Morgan fingerprint density at radius 1 is 1.62 bits per heavy atom. The van der Waals surface area contributed by atoms with Gasteiger partial charge in [-0.25, -0.2) is 4.98 Å². The van der Waals surface area contributed by atoms with E-state index in [1.807, 2.05) is 0 Å². The van der Waals surface area contributed by atoms with E-state index < -0.39 is 0 Å². The molecule has 0 radical (unpaired) electrons. The van der Waals surface area contributed by atoms with E-state index in [4.69, 9.17) is 5.73 Å². The van der Waals surface area contributed by atoms with Gasteiger partial charge in [0, 0.05) is 24.4 Å². The van der Waals surface area contributed by atoms with Crippen molar-refractivity contribution >= 4 is 16.5 Å². The highest BCUT2D eigenvalue weighted by molar-refractivity contribution is 7.13. The molecule has 0 spiro atoms. The van der Waals surface area contributed by atoms with Crippen molar-refractivity contribution in [3.63, 3.8) is 0 Å². The standard InChI is InChI=1S/C12H21N3S/c1-12(2)5-3-9(7-12)14-6-4-10-8-16-11(13)15-10/h8-9,14H,3-7H2,1-2H3,(H2,13,15). The lowest BCUT2D eigenvalue weighted by atomic mass is 9.92. The molecule has 1 aliphatic rings. The van der Waals surface area contributed by atoms with Gasteiger partial charge in [-0.2, -0.15) is 0 Å². The van der Waals surface area contributed by atoms with Crippen LogP contribution in [-0.4, -0.2) is 17.6 Å². The second-order valence-electron chi connectivity index (χ2n) is 5.49. The summed E-state index contributed by atoms with van der Waals surface area (Å²) in [6, 6.07) is 0.700. The van der Waals surface area contributed by atoms with Gasteiger partial charge in [-0.1, -0.05) is 13.8 Å². The molecule has 4 heteroatoms. The Morgan fingerprint density at radius 2 is 2.44 bits per heavy atom. The summed E-state index contributed by atoms with van der Waals surface area (Å²) in [5.74, 6) is 0. The highest BCUT2D eigenvalue weighted by Gasteiger charge is 2.30. The first-order chi connectivity index (χ1) is 7.55. The molecule has 2 rings (SSSR count). The normalized spacial score (nSPS) is 23.8. The van der Waals surface area contributed by atoms with Crippen molar-refractivity contribution in [2.24, 2.45) is 5.41 Å². The van der Waals surface area contributed by atoms with E-state index in [1.165, 1.54) is 30.6 Å². The van der Waals surface area contributed by atoms with Crippen LogP contribution in [0, 0.1) is 5.41 Å². The summed E-state index contributed by atoms with van der Waals surface area (Å²) in [5.41, 5.74) is 7.24. The molecule has 1 saturated carbocycles. The topological polar surface area (TPSA) is 50.9 Å². The van der Waals surface area contributed by atoms with Crippen LogP contribution >= 0.6 is 11.3 Å². The molecule has 16 heavy (non-hydrogen) atoms. The van der Waals surface area contributed by atoms with Crippen molar-refractivity contribution in [1.82, 2.24) is 10.3 Å². The summed E-state index contributed by atoms with van der Waals surface area (Å²) < 4.78 is 0. The zero-order valence-corrected chi connectivity index (χ0v) is 10.9. The number of rotatable bonds is 4. The maximum Gasteiger partial charge on any atom is 0.180 e. The largest absolute Gasteiger partial charge is 0.375 e. The molecule has 1 unspecified atom stereocenters. The lowest BCUT2D eigenvalue weighted by molar-refractivity contribution is 0.365. The maximum atomic E-state index is 5.60. The average Bonchev–Trinajstić information content (AvgIpc) is 2.73. The van der Waals surface area contributed by atoms with Crippen molar-refractivity contribution in [2.75, 3.05) is 12.3 Å². The Balaban J connectivity index is 1.69. The van der Waals surface area contributed by atoms with Gasteiger partial charge < -0.3 is 11.1 Å². The summed E-state index contributed by atoms with van der Waals surface area (Å²) in [4.78, 5) is 4.26. The first-order valence-electron chi connectivity index (χ1n) is 5.98. The van der Waals surface area contributed by atoms with E-state index in [1.54, 1.807) is 0 Å². The quantitative estimate of drug-likeness (QED) is 0.848. The fraction of sp³-hybridized carbons (Fsp3) is 0.750. The third kappa shape index (κ3) is 3.19. The van der Waals surface area contributed by atoms with Crippen LogP contribution in [0.2, 0.25) is 0 Å². The van der Waals surface area contributed by atoms with E-state index >= 15 is 0 Å². The molecule has 1 fully saturated rings. The predicted octanol–water partition coefficient (Wildman–Crippen LogP) is 2.44. The second-order valence-corrected chi connectivity index (χ2v) is 6.37. The Morgan fingerprint density at radius 3 is 3.00 bits per heavy atom. The van der Waals surface area contributed by atoms with Crippen molar-refractivity contribution in [3.8, 4) is 0 Å². The second kappa shape index (κ2) is 4.72. The van der Waals surface area contributed by atoms with Gasteiger partial charge in [0.15, 0.2) is 5.13 Å². The summed E-state index contributed by atoms with van der Waals surface area (Å²) in [6.45, 7) is 5.73. The molecule has 0 aromatic carbocycles. The fourth-order valence-electron chi connectivity index (χ4n) is 2.45. The van der Waals surface area contributed by atoms with Gasteiger partial charge >= 0.3 is 0 Å². The zero-order chi connectivity index (χ0) is 11.6. The van der Waals surface area contributed by atoms with E-state index in [-0.39, 0.29) is 0 Å². The third-order valence-electron chi connectivity index (χ3n) is 3.35. The molecule has 0 saturated heterocycles. The smallest absolute Gasteiger partial charge is 0.180 e. The molecular weight excluding hydrogens is 218 g/mol. The van der Waals surface area contributed by atoms with Gasteiger partial charge in [-0.3, -0.25) is 0 Å². The molecule has 0 bridgehead atoms. The molecule has 1 heterocycles. The Bertz CT molecular complexity index is 346. The van der Waals surface area contributed by atoms with E-state index in [0.717, 1.165) is 18.7 Å². The number of nitrogen functional groups attached to an aromatic ring is 1. The van der Waals surface area contributed by atoms with Crippen molar-refractivity contribution in [2.45, 2.75) is 45.6 Å². The lowest BCUT2D eigenvalue weighted by Gasteiger charge is -2.17. The lowest BCUT2D eigenvalue weighted by Crippen LogP contribution is -2.29. The fourth-order valence-corrected chi connectivity index (χ4v) is 3.05. The molecule has 1 atom stereocenters. The molecule has 1 aliphatic carbocycles. The predicted molar refractivity (Wildman–Crippen MR) is 69.7 cm³/mol. The van der Waals surface area contributed by atoms with Crippen LogP contribution in [0.5, 0.6) is 0 Å². The Kier molecular flexibility index (Phi) is 3.50. The molecule has 3 N–H and O–H groups in total. The van der Waals surface area contributed by atoms with E-state index in [9.17, 15) is 0 Å². The zero-order valence-electron chi connectivity index (χ0n) is 10.1. The Labute approximate surface area is 101 Å². The number of hydrogen-bond donors (Lipinski definition) is 2. The third-order valence-corrected chi connectivity index (χ3v) is 4.07. The molecular formula is C12H21N3S. The van der Waals surface area contributed by atoms with Crippen LogP contribution in [0.3, 0.4) is 0 Å². The number of nitrogens with two attached hydrogens (primary N) is 1. The summed E-state index contributed by atoms with van der Waals surface area (Å²) in [7, 11) is 0. The average molecular weight is 239 g/mol. The number of thiazole rings is 1. The highest BCUT2D eigenvalue weighted by Crippen LogP contribution is 2.36. The van der Waals surface area contributed by atoms with Crippen molar-refractivity contribution in [3.05, 3.63) is 11.1 Å². The molecule has 1 aromatic rings. The summed E-state index contributed by atoms with van der Waals surface area (Å²) >= 11 is 1.53. The number of nitrogens with one attached hydrogen (secondary N) is 1. The molecule has 90 valence electrons. The van der Waals surface area contributed by atoms with Crippen LogP contribution in [0.25, 0.3) is 0 Å². The number of anilines is 1. The van der Waals surface area contributed by atoms with Crippen LogP contribution in [0.4, 0.5) is 5.13 Å². The highest BCUT2D eigenvalue weighted by atomic mass is 32.1.